The molecule has 2 aromatic heterocycles. The molecule has 3 heteroatoms. The largest absolute Gasteiger partial charge is 0.310 e. The maximum absolute atomic E-state index is 13.9. The van der Waals surface area contributed by atoms with Gasteiger partial charge in [0.1, 0.15) is 0 Å². The van der Waals surface area contributed by atoms with Crippen molar-refractivity contribution in [2.45, 2.75) is 12.8 Å². The Morgan fingerprint density at radius 1 is 0.385 bits per heavy atom. The first-order valence-corrected chi connectivity index (χ1v) is 18.0. The van der Waals surface area contributed by atoms with Crippen molar-refractivity contribution in [2.24, 2.45) is 0 Å². The molecule has 0 spiro atoms. The molecule has 9 aromatic rings. The number of rotatable bonds is 3. The van der Waals surface area contributed by atoms with Gasteiger partial charge in [0.2, 0.25) is 0 Å². The Hall–Kier alpha value is -6.71. The first-order chi connectivity index (χ1) is 25.7. The van der Waals surface area contributed by atoms with Crippen LogP contribution in [-0.2, 0) is 0 Å². The van der Waals surface area contributed by atoms with Crippen molar-refractivity contribution in [1.82, 2.24) is 9.13 Å². The summed E-state index contributed by atoms with van der Waals surface area (Å²) in [5.74, 6) is 0. The summed E-state index contributed by atoms with van der Waals surface area (Å²) in [5.41, 5.74) is 7.43. The van der Waals surface area contributed by atoms with Crippen molar-refractivity contribution in [1.29, 1.82) is 0 Å². The quantitative estimate of drug-likeness (QED) is 0.172. The van der Waals surface area contributed by atoms with Gasteiger partial charge in [0, 0.05) is 32.9 Å². The van der Waals surface area contributed by atoms with E-state index in [2.05, 4.69) is 138 Å². The molecule has 0 N–H and O–H groups in total. The molecule has 52 heavy (non-hydrogen) atoms. The number of hydrogen-bond acceptors (Lipinski definition) is 1. The number of allylic oxidation sites excluding steroid dienone is 4. The van der Waals surface area contributed by atoms with Crippen LogP contribution in [0, 0.1) is 0 Å². The van der Waals surface area contributed by atoms with Gasteiger partial charge in [-0.25, -0.2) is 0 Å². The molecule has 0 radical (unpaired) electrons. The molecular formula is C49H34N2O. The number of fused-ring (bicyclic) bond motifs is 10. The van der Waals surface area contributed by atoms with E-state index >= 15 is 0 Å². The molecule has 2 heterocycles. The van der Waals surface area contributed by atoms with Gasteiger partial charge in [-0.15, -0.1) is 0 Å². The van der Waals surface area contributed by atoms with Crippen LogP contribution in [0.3, 0.4) is 0 Å². The predicted molar refractivity (Wildman–Crippen MR) is 221 cm³/mol. The van der Waals surface area contributed by atoms with Crippen LogP contribution >= 0.6 is 0 Å². The van der Waals surface area contributed by atoms with Gasteiger partial charge in [-0.05, 0) is 106 Å². The van der Waals surface area contributed by atoms with E-state index in [1.54, 1.807) is 0 Å². The van der Waals surface area contributed by atoms with Crippen LogP contribution in [-0.4, -0.2) is 9.13 Å². The topological polar surface area (TPSA) is 26.9 Å². The third kappa shape index (κ3) is 4.78. The lowest BCUT2D eigenvalue weighted by Gasteiger charge is -2.17. The molecule has 1 aliphatic carbocycles. The molecule has 10 rings (SSSR count). The highest BCUT2D eigenvalue weighted by atomic mass is 16.1. The van der Waals surface area contributed by atoms with E-state index < -0.39 is 0 Å². The van der Waals surface area contributed by atoms with Gasteiger partial charge in [0.15, 0.2) is 0 Å². The lowest BCUT2D eigenvalue weighted by atomic mass is 9.97. The molecule has 0 fully saturated rings. The van der Waals surface area contributed by atoms with E-state index in [1.807, 2.05) is 53.1 Å². The number of benzene rings is 7. The van der Waals surface area contributed by atoms with Crippen molar-refractivity contribution >= 4 is 70.7 Å². The smallest absolute Gasteiger partial charge is 0.263 e. The van der Waals surface area contributed by atoms with Gasteiger partial charge in [-0.3, -0.25) is 9.36 Å². The first kappa shape index (κ1) is 30.1. The number of pyridine rings is 1. The summed E-state index contributed by atoms with van der Waals surface area (Å²) in [7, 11) is 0. The molecule has 7 aromatic carbocycles. The summed E-state index contributed by atoms with van der Waals surface area (Å²) in [6.07, 6.45) is 8.98. The van der Waals surface area contributed by atoms with Crippen molar-refractivity contribution < 1.29 is 0 Å². The fraction of sp³-hybridized carbons (Fsp3) is 0.0408. The summed E-state index contributed by atoms with van der Waals surface area (Å²) < 4.78 is 4.30. The molecule has 1 aliphatic rings. The highest BCUT2D eigenvalue weighted by molar-refractivity contribution is 6.20. The fourth-order valence-electron chi connectivity index (χ4n) is 8.20. The maximum atomic E-state index is 13.9. The standard InChI is InChI=1S/C49H34N2O/c52-49-43-25-12-11-23-41(43)45-32-34(28-30-48(45)51(49)36-17-5-2-6-18-36)33-27-29-47-44(31-33)40-22-10-8-20-38(40)37-19-7-9-21-39(37)42-24-13-14-26-46(42)50(47)35-15-3-1-4-16-35/h2-3,5-32H,1,4H2. The van der Waals surface area contributed by atoms with Gasteiger partial charge in [-0.2, -0.15) is 0 Å². The van der Waals surface area contributed by atoms with Gasteiger partial charge in [0.05, 0.1) is 16.6 Å². The van der Waals surface area contributed by atoms with E-state index in [9.17, 15) is 4.79 Å². The van der Waals surface area contributed by atoms with Crippen molar-refractivity contribution in [3.8, 4) is 16.8 Å². The Labute approximate surface area is 300 Å². The molecule has 0 saturated carbocycles. The summed E-state index contributed by atoms with van der Waals surface area (Å²) >= 11 is 0. The first-order valence-electron chi connectivity index (χ1n) is 18.0. The van der Waals surface area contributed by atoms with Crippen LogP contribution in [0.5, 0.6) is 0 Å². The minimum absolute atomic E-state index is 0.0115. The van der Waals surface area contributed by atoms with E-state index in [-0.39, 0.29) is 5.56 Å². The van der Waals surface area contributed by atoms with E-state index in [4.69, 9.17) is 0 Å². The normalized spacial score (nSPS) is 13.0. The highest BCUT2D eigenvalue weighted by Gasteiger charge is 2.16. The van der Waals surface area contributed by atoms with Crippen molar-refractivity contribution in [3.05, 3.63) is 192 Å². The number of para-hydroxylation sites is 2. The highest BCUT2D eigenvalue weighted by Crippen LogP contribution is 2.37. The van der Waals surface area contributed by atoms with Crippen LogP contribution in [0.2, 0.25) is 0 Å². The molecule has 0 amide bonds. The second-order valence-corrected chi connectivity index (χ2v) is 13.5. The number of nitrogens with zero attached hydrogens (tertiary/aromatic N) is 2. The second kappa shape index (κ2) is 12.3. The lowest BCUT2D eigenvalue weighted by molar-refractivity contribution is 1.02. The molecule has 0 bridgehead atoms. The average Bonchev–Trinajstić information content (AvgIpc) is 3.26. The number of aromatic nitrogens is 2. The second-order valence-electron chi connectivity index (χ2n) is 13.5. The Kier molecular flexibility index (Phi) is 7.10. The minimum atomic E-state index is -0.0115. The molecule has 3 nitrogen and oxygen atoms in total. The van der Waals surface area contributed by atoms with E-state index in [1.165, 1.54) is 38.0 Å². The Bertz CT molecular complexity index is 3090. The zero-order valence-corrected chi connectivity index (χ0v) is 28.5. The lowest BCUT2D eigenvalue weighted by Crippen LogP contribution is -2.19. The fourth-order valence-corrected chi connectivity index (χ4v) is 8.20. The maximum Gasteiger partial charge on any atom is 0.263 e. The molecular weight excluding hydrogens is 633 g/mol. The third-order valence-electron chi connectivity index (χ3n) is 10.6. The SMILES string of the molecule is O=c1c2ccccc2c2cc(-c3ccc4c(c3)c3ccccc3c3ccccc3c3ccccc3n4C3=CCCC=C3)ccc2n1-c1ccccc1. The van der Waals surface area contributed by atoms with E-state index in [0.29, 0.717) is 5.39 Å². The average molecular weight is 667 g/mol. The van der Waals surface area contributed by atoms with Gasteiger partial charge >= 0.3 is 0 Å². The zero-order chi connectivity index (χ0) is 34.6. The Morgan fingerprint density at radius 3 is 1.44 bits per heavy atom. The zero-order valence-electron chi connectivity index (χ0n) is 28.5. The van der Waals surface area contributed by atoms with Crippen molar-refractivity contribution in [3.63, 3.8) is 0 Å². The molecule has 0 atom stereocenters. The Morgan fingerprint density at radius 2 is 0.846 bits per heavy atom. The van der Waals surface area contributed by atoms with Gasteiger partial charge in [0.25, 0.3) is 5.56 Å². The molecule has 0 aliphatic heterocycles. The monoisotopic (exact) mass is 666 g/mol. The van der Waals surface area contributed by atoms with Crippen LogP contribution in [0.4, 0.5) is 0 Å². The Balaban J connectivity index is 1.35. The minimum Gasteiger partial charge on any atom is -0.310 e. The van der Waals surface area contributed by atoms with Crippen LogP contribution in [0.25, 0.3) is 87.5 Å². The summed E-state index contributed by atoms with van der Waals surface area (Å²) in [5, 5.41) is 9.91. The summed E-state index contributed by atoms with van der Waals surface area (Å²) in [4.78, 5) is 13.9. The van der Waals surface area contributed by atoms with Crippen LogP contribution < -0.4 is 5.56 Å². The summed E-state index contributed by atoms with van der Waals surface area (Å²) in [6.45, 7) is 0. The number of hydrogen-bond donors (Lipinski definition) is 0. The van der Waals surface area contributed by atoms with Crippen LogP contribution in [0.1, 0.15) is 12.8 Å². The molecule has 246 valence electrons. The predicted octanol–water partition coefficient (Wildman–Crippen LogP) is 12.5. The summed E-state index contributed by atoms with van der Waals surface area (Å²) in [6, 6.07) is 57.8. The van der Waals surface area contributed by atoms with E-state index in [0.717, 1.165) is 57.0 Å². The third-order valence-corrected chi connectivity index (χ3v) is 10.6. The van der Waals surface area contributed by atoms with Gasteiger partial charge in [-0.1, -0.05) is 127 Å². The molecule has 0 saturated heterocycles. The van der Waals surface area contributed by atoms with Gasteiger partial charge < -0.3 is 4.57 Å². The van der Waals surface area contributed by atoms with Crippen molar-refractivity contribution in [2.75, 3.05) is 0 Å². The van der Waals surface area contributed by atoms with Crippen LogP contribution in [0.15, 0.2) is 187 Å². The molecule has 0 unspecified atom stereocenters.